The number of nitrogens with zero attached hydrogens (tertiary/aromatic N) is 1. The fraction of sp³-hybridized carbons (Fsp3) is 0.0909. The minimum atomic E-state index is -0.170. The van der Waals surface area contributed by atoms with Crippen molar-refractivity contribution in [2.75, 3.05) is 6.54 Å². The average Bonchev–Trinajstić information content (AvgIpc) is 3.04. The summed E-state index contributed by atoms with van der Waals surface area (Å²) in [5, 5.41) is 2.90. The summed E-state index contributed by atoms with van der Waals surface area (Å²) >= 11 is 0. The van der Waals surface area contributed by atoms with E-state index in [4.69, 9.17) is 0 Å². The van der Waals surface area contributed by atoms with Gasteiger partial charge in [-0.25, -0.2) is 4.79 Å². The topological polar surface area (TPSA) is 66.9 Å². The van der Waals surface area contributed by atoms with Gasteiger partial charge in [-0.3, -0.25) is 9.36 Å². The van der Waals surface area contributed by atoms with E-state index < -0.39 is 0 Å². The molecule has 0 radical (unpaired) electrons. The van der Waals surface area contributed by atoms with Gasteiger partial charge in [-0.05, 0) is 35.4 Å². The predicted molar refractivity (Wildman–Crippen MR) is 107 cm³/mol. The van der Waals surface area contributed by atoms with Gasteiger partial charge in [0, 0.05) is 18.7 Å². The van der Waals surface area contributed by atoms with Crippen LogP contribution >= 0.6 is 0 Å². The molecular weight excluding hydrogens is 338 g/mol. The lowest BCUT2D eigenvalue weighted by atomic mass is 10.0. The second-order valence-corrected chi connectivity index (χ2v) is 6.30. The van der Waals surface area contributed by atoms with E-state index in [1.807, 2.05) is 72.8 Å². The Morgan fingerprint density at radius 3 is 2.48 bits per heavy atom. The summed E-state index contributed by atoms with van der Waals surface area (Å²) in [7, 11) is 0. The average molecular weight is 357 g/mol. The first kappa shape index (κ1) is 16.8. The normalized spacial score (nSPS) is 10.8. The first-order valence-electron chi connectivity index (χ1n) is 8.83. The van der Waals surface area contributed by atoms with Crippen LogP contribution in [0.1, 0.15) is 10.4 Å². The number of aromatic nitrogens is 2. The Hall–Kier alpha value is -3.60. The molecule has 0 fully saturated rings. The van der Waals surface area contributed by atoms with Gasteiger partial charge in [-0.1, -0.05) is 54.6 Å². The molecule has 0 aliphatic rings. The molecule has 0 aliphatic carbocycles. The molecule has 0 saturated carbocycles. The number of hydrogen-bond acceptors (Lipinski definition) is 2. The molecule has 4 rings (SSSR count). The quantitative estimate of drug-likeness (QED) is 0.575. The van der Waals surface area contributed by atoms with Crippen molar-refractivity contribution in [3.63, 3.8) is 0 Å². The predicted octanol–water partition coefficient (Wildman–Crippen LogP) is 3.43. The Morgan fingerprint density at radius 1 is 0.889 bits per heavy atom. The zero-order valence-electron chi connectivity index (χ0n) is 14.7. The van der Waals surface area contributed by atoms with Gasteiger partial charge < -0.3 is 10.3 Å². The number of amides is 1. The highest BCUT2D eigenvalue weighted by atomic mass is 16.2. The van der Waals surface area contributed by atoms with Crippen LogP contribution in [0.25, 0.3) is 22.2 Å². The zero-order chi connectivity index (χ0) is 18.6. The molecule has 0 atom stereocenters. The van der Waals surface area contributed by atoms with E-state index in [1.165, 1.54) is 0 Å². The van der Waals surface area contributed by atoms with Gasteiger partial charge in [0.25, 0.3) is 5.91 Å². The van der Waals surface area contributed by atoms with E-state index in [2.05, 4.69) is 10.3 Å². The summed E-state index contributed by atoms with van der Waals surface area (Å²) in [6.45, 7) is 0.781. The van der Waals surface area contributed by atoms with E-state index in [0.717, 1.165) is 22.2 Å². The molecule has 2 N–H and O–H groups in total. The van der Waals surface area contributed by atoms with E-state index in [1.54, 1.807) is 10.6 Å². The summed E-state index contributed by atoms with van der Waals surface area (Å²) in [4.78, 5) is 27.4. The molecule has 0 unspecified atom stereocenters. The van der Waals surface area contributed by atoms with Crippen LogP contribution in [0.15, 0.2) is 83.7 Å². The fourth-order valence-corrected chi connectivity index (χ4v) is 3.18. The number of rotatable bonds is 5. The lowest BCUT2D eigenvalue weighted by Crippen LogP contribution is -2.30. The largest absolute Gasteiger partial charge is 0.350 e. The number of carbonyl (C=O) groups is 1. The molecular formula is C22H19N3O2. The van der Waals surface area contributed by atoms with Crippen molar-refractivity contribution in [3.8, 4) is 11.1 Å². The Labute approximate surface area is 156 Å². The number of H-pyrrole nitrogens is 1. The van der Waals surface area contributed by atoms with Crippen molar-refractivity contribution in [2.45, 2.75) is 6.54 Å². The zero-order valence-corrected chi connectivity index (χ0v) is 14.7. The number of fused-ring (bicyclic) bond motifs is 1. The third-order valence-corrected chi connectivity index (χ3v) is 4.53. The number of nitrogens with one attached hydrogen (secondary N) is 2. The van der Waals surface area contributed by atoms with Crippen molar-refractivity contribution in [1.82, 2.24) is 14.9 Å². The SMILES string of the molecule is O=C(NCCn1c(=O)[nH]c2ccccc21)c1cccc(-c2ccccc2)c1. The third-order valence-electron chi connectivity index (χ3n) is 4.53. The number of aromatic amines is 1. The molecule has 27 heavy (non-hydrogen) atoms. The van der Waals surface area contributed by atoms with Crippen LogP contribution < -0.4 is 11.0 Å². The summed E-state index contributed by atoms with van der Waals surface area (Å²) in [5.41, 5.74) is 4.12. The summed E-state index contributed by atoms with van der Waals surface area (Å²) in [6, 6.07) is 25.0. The van der Waals surface area contributed by atoms with Crippen LogP contribution in [-0.2, 0) is 6.54 Å². The van der Waals surface area contributed by atoms with Crippen molar-refractivity contribution in [2.24, 2.45) is 0 Å². The lowest BCUT2D eigenvalue weighted by molar-refractivity contribution is 0.0952. The maximum atomic E-state index is 12.5. The van der Waals surface area contributed by atoms with Gasteiger partial charge in [0.15, 0.2) is 0 Å². The van der Waals surface area contributed by atoms with Crippen LogP contribution in [0.3, 0.4) is 0 Å². The summed E-state index contributed by atoms with van der Waals surface area (Å²) < 4.78 is 1.63. The highest BCUT2D eigenvalue weighted by molar-refractivity contribution is 5.95. The number of carbonyl (C=O) groups excluding carboxylic acids is 1. The minimum absolute atomic E-state index is 0.152. The molecule has 3 aromatic carbocycles. The molecule has 4 aromatic rings. The molecule has 1 amide bonds. The van der Waals surface area contributed by atoms with E-state index in [0.29, 0.717) is 18.7 Å². The maximum Gasteiger partial charge on any atom is 0.326 e. The van der Waals surface area contributed by atoms with Crippen LogP contribution in [0.4, 0.5) is 0 Å². The lowest BCUT2D eigenvalue weighted by Gasteiger charge is -2.08. The van der Waals surface area contributed by atoms with Gasteiger partial charge in [-0.15, -0.1) is 0 Å². The monoisotopic (exact) mass is 357 g/mol. The highest BCUT2D eigenvalue weighted by Crippen LogP contribution is 2.19. The van der Waals surface area contributed by atoms with Crippen molar-refractivity contribution >= 4 is 16.9 Å². The smallest absolute Gasteiger partial charge is 0.326 e. The summed E-state index contributed by atoms with van der Waals surface area (Å²) in [5.74, 6) is -0.152. The number of imidazole rings is 1. The van der Waals surface area contributed by atoms with E-state index in [-0.39, 0.29) is 11.6 Å². The molecule has 1 heterocycles. The van der Waals surface area contributed by atoms with Crippen LogP contribution in [0.2, 0.25) is 0 Å². The number of hydrogen-bond donors (Lipinski definition) is 2. The van der Waals surface area contributed by atoms with Gasteiger partial charge in [-0.2, -0.15) is 0 Å². The Kier molecular flexibility index (Phi) is 4.58. The Bertz CT molecular complexity index is 1140. The molecule has 0 saturated heterocycles. The first-order valence-corrected chi connectivity index (χ1v) is 8.83. The van der Waals surface area contributed by atoms with Gasteiger partial charge in [0.05, 0.1) is 11.0 Å². The second kappa shape index (κ2) is 7.33. The standard InChI is InChI=1S/C22H19N3O2/c26-21(18-10-6-9-17(15-18)16-7-2-1-3-8-16)23-13-14-25-20-12-5-4-11-19(20)24-22(25)27/h1-12,15H,13-14H2,(H,23,26)(H,24,27). The maximum absolute atomic E-state index is 12.5. The van der Waals surface area contributed by atoms with E-state index in [9.17, 15) is 9.59 Å². The molecule has 0 bridgehead atoms. The molecule has 5 heteroatoms. The molecule has 5 nitrogen and oxygen atoms in total. The van der Waals surface area contributed by atoms with Gasteiger partial charge in [0.1, 0.15) is 0 Å². The summed E-state index contributed by atoms with van der Waals surface area (Å²) in [6.07, 6.45) is 0. The molecule has 0 spiro atoms. The van der Waals surface area contributed by atoms with Gasteiger partial charge >= 0.3 is 5.69 Å². The minimum Gasteiger partial charge on any atom is -0.350 e. The van der Waals surface area contributed by atoms with E-state index >= 15 is 0 Å². The molecule has 0 aliphatic heterocycles. The second-order valence-electron chi connectivity index (χ2n) is 6.30. The Morgan fingerprint density at radius 2 is 1.63 bits per heavy atom. The van der Waals surface area contributed by atoms with Crippen molar-refractivity contribution in [1.29, 1.82) is 0 Å². The van der Waals surface area contributed by atoms with Crippen molar-refractivity contribution in [3.05, 3.63) is 94.9 Å². The van der Waals surface area contributed by atoms with Crippen molar-refractivity contribution < 1.29 is 4.79 Å². The number of para-hydroxylation sites is 2. The third kappa shape index (κ3) is 3.53. The number of benzene rings is 3. The Balaban J connectivity index is 1.45. The molecule has 1 aromatic heterocycles. The fourth-order valence-electron chi connectivity index (χ4n) is 3.18. The van der Waals surface area contributed by atoms with Gasteiger partial charge in [0.2, 0.25) is 0 Å². The van der Waals surface area contributed by atoms with Crippen LogP contribution in [0.5, 0.6) is 0 Å². The first-order chi connectivity index (χ1) is 13.2. The van der Waals surface area contributed by atoms with Crippen LogP contribution in [0, 0.1) is 0 Å². The molecule has 134 valence electrons. The van der Waals surface area contributed by atoms with Crippen LogP contribution in [-0.4, -0.2) is 22.0 Å². The highest BCUT2D eigenvalue weighted by Gasteiger charge is 2.09.